The number of carbonyl (C=O) groups is 2. The summed E-state index contributed by atoms with van der Waals surface area (Å²) in [5.74, 6) is -5.48. The largest absolute Gasteiger partial charge is 0.481 e. The van der Waals surface area contributed by atoms with Crippen LogP contribution in [0.25, 0.3) is 0 Å². The molecule has 0 aromatic rings. The number of aliphatic carboxylic acids is 2. The molecule has 0 spiro atoms. The Kier molecular flexibility index (Phi) is 3.43. The van der Waals surface area contributed by atoms with E-state index in [0.717, 1.165) is 0 Å². The van der Waals surface area contributed by atoms with Crippen molar-refractivity contribution in [2.45, 2.75) is 12.8 Å². The molecule has 0 aromatic heterocycles. The molecule has 2 N–H and O–H groups in total. The molecule has 64 valence electrons. The van der Waals surface area contributed by atoms with Gasteiger partial charge in [0.05, 0.1) is 0 Å². The van der Waals surface area contributed by atoms with Crippen LogP contribution in [-0.4, -0.2) is 28.6 Å². The van der Waals surface area contributed by atoms with Gasteiger partial charge in [0.2, 0.25) is 6.43 Å². The summed E-state index contributed by atoms with van der Waals surface area (Å²) in [5.41, 5.74) is 0. The zero-order valence-corrected chi connectivity index (χ0v) is 5.33. The van der Waals surface area contributed by atoms with Crippen LogP contribution in [0.2, 0.25) is 0 Å². The Morgan fingerprint density at radius 1 is 1.18 bits per heavy atom. The first-order valence-electron chi connectivity index (χ1n) is 2.69. The first-order chi connectivity index (χ1) is 4.95. The van der Waals surface area contributed by atoms with Crippen molar-refractivity contribution in [2.24, 2.45) is 5.92 Å². The van der Waals surface area contributed by atoms with Gasteiger partial charge in [0.1, 0.15) is 0 Å². The van der Waals surface area contributed by atoms with Crippen molar-refractivity contribution in [3.63, 3.8) is 0 Å². The molecular formula is C5H6F2O4. The maximum atomic E-state index is 11.5. The Hall–Kier alpha value is -1.20. The zero-order chi connectivity index (χ0) is 9.02. The van der Waals surface area contributed by atoms with Crippen LogP contribution in [0, 0.1) is 5.92 Å². The van der Waals surface area contributed by atoms with Gasteiger partial charge in [0, 0.05) is 6.42 Å². The van der Waals surface area contributed by atoms with Crippen molar-refractivity contribution in [1.82, 2.24) is 0 Å². The predicted octanol–water partition coefficient (Wildman–Crippen LogP) is 0.427. The van der Waals surface area contributed by atoms with Crippen LogP contribution in [0.4, 0.5) is 8.78 Å². The van der Waals surface area contributed by atoms with Crippen molar-refractivity contribution < 1.29 is 28.6 Å². The minimum Gasteiger partial charge on any atom is -0.481 e. The van der Waals surface area contributed by atoms with Gasteiger partial charge in [0.15, 0.2) is 5.92 Å². The van der Waals surface area contributed by atoms with Crippen LogP contribution in [0.1, 0.15) is 6.42 Å². The van der Waals surface area contributed by atoms with Gasteiger partial charge in [-0.15, -0.1) is 0 Å². The maximum absolute atomic E-state index is 11.5. The third-order valence-electron chi connectivity index (χ3n) is 1.01. The molecule has 0 amide bonds. The van der Waals surface area contributed by atoms with Crippen LogP contribution < -0.4 is 0 Å². The highest BCUT2D eigenvalue weighted by Gasteiger charge is 2.28. The topological polar surface area (TPSA) is 74.6 Å². The summed E-state index contributed by atoms with van der Waals surface area (Å²) in [6, 6.07) is 0. The van der Waals surface area contributed by atoms with E-state index >= 15 is 0 Å². The van der Waals surface area contributed by atoms with Gasteiger partial charge >= 0.3 is 11.9 Å². The fourth-order valence-corrected chi connectivity index (χ4v) is 0.485. The van der Waals surface area contributed by atoms with Crippen molar-refractivity contribution >= 4 is 11.9 Å². The lowest BCUT2D eigenvalue weighted by Gasteiger charge is -2.04. The molecular weight excluding hydrogens is 162 g/mol. The number of halogens is 2. The molecule has 0 rings (SSSR count). The van der Waals surface area contributed by atoms with E-state index in [0.29, 0.717) is 0 Å². The molecule has 0 aromatic carbocycles. The van der Waals surface area contributed by atoms with E-state index in [4.69, 9.17) is 10.2 Å². The van der Waals surface area contributed by atoms with Gasteiger partial charge < -0.3 is 10.2 Å². The first-order valence-corrected chi connectivity index (χ1v) is 2.69. The molecule has 0 heterocycles. The summed E-state index contributed by atoms with van der Waals surface area (Å²) >= 11 is 0. The van der Waals surface area contributed by atoms with Gasteiger partial charge in [-0.2, -0.15) is 0 Å². The number of hydrogen-bond donors (Lipinski definition) is 2. The van der Waals surface area contributed by atoms with Gasteiger partial charge in [-0.3, -0.25) is 9.59 Å². The van der Waals surface area contributed by atoms with Crippen molar-refractivity contribution in [3.8, 4) is 0 Å². The minimum absolute atomic E-state index is 1.15. The van der Waals surface area contributed by atoms with Gasteiger partial charge in [-0.1, -0.05) is 0 Å². The molecule has 4 nitrogen and oxygen atoms in total. The van der Waals surface area contributed by atoms with Crippen LogP contribution in [-0.2, 0) is 9.59 Å². The molecule has 6 heteroatoms. The minimum atomic E-state index is -2.91. The lowest BCUT2D eigenvalue weighted by Crippen LogP contribution is -2.25. The van der Waals surface area contributed by atoms with Gasteiger partial charge in [-0.05, 0) is 0 Å². The second-order valence-electron chi connectivity index (χ2n) is 1.86. The normalized spacial score (nSPS) is 10.5. The number of alkyl halides is 2. The fraction of sp³-hybridized carbons (Fsp3) is 0.600. The molecule has 0 unspecified atom stereocenters. The highest BCUT2D eigenvalue weighted by atomic mass is 19.3. The zero-order valence-electron chi connectivity index (χ0n) is 5.33. The monoisotopic (exact) mass is 168 g/mol. The summed E-state index contributed by atoms with van der Waals surface area (Å²) < 4.78 is 23.0. The van der Waals surface area contributed by atoms with E-state index in [1.807, 2.05) is 0 Å². The van der Waals surface area contributed by atoms with E-state index in [9.17, 15) is 18.4 Å². The van der Waals surface area contributed by atoms with Gasteiger partial charge in [-0.25, -0.2) is 8.78 Å². The Labute approximate surface area is 60.4 Å². The van der Waals surface area contributed by atoms with Crippen LogP contribution in [0.15, 0.2) is 0 Å². The van der Waals surface area contributed by atoms with E-state index in [1.165, 1.54) is 0 Å². The number of carboxylic acids is 2. The molecule has 0 aliphatic heterocycles. The molecule has 0 atom stereocenters. The molecule has 0 bridgehead atoms. The number of hydrogen-bond acceptors (Lipinski definition) is 2. The van der Waals surface area contributed by atoms with E-state index in [-0.39, 0.29) is 0 Å². The molecule has 0 aliphatic rings. The lowest BCUT2D eigenvalue weighted by atomic mass is 10.1. The third kappa shape index (κ3) is 3.49. The van der Waals surface area contributed by atoms with Crippen LogP contribution >= 0.6 is 0 Å². The third-order valence-corrected chi connectivity index (χ3v) is 1.01. The smallest absolute Gasteiger partial charge is 0.318 e. The molecule has 0 saturated heterocycles. The van der Waals surface area contributed by atoms with Crippen molar-refractivity contribution in [2.75, 3.05) is 0 Å². The van der Waals surface area contributed by atoms with Crippen LogP contribution in [0.5, 0.6) is 0 Å². The molecule has 0 saturated carbocycles. The summed E-state index contributed by atoms with van der Waals surface area (Å²) in [5, 5.41) is 16.2. The fourth-order valence-electron chi connectivity index (χ4n) is 0.485. The maximum Gasteiger partial charge on any atom is 0.318 e. The standard InChI is InChI=1S/C5H6F2O4/c6-3(7)1-2(4(8)9)5(10)11/h2-3H,1H2,(H,8,9)(H,10,11). The first kappa shape index (κ1) is 9.80. The highest BCUT2D eigenvalue weighted by molar-refractivity contribution is 5.92. The second kappa shape index (κ2) is 3.85. The molecule has 0 radical (unpaired) electrons. The lowest BCUT2D eigenvalue weighted by molar-refractivity contribution is -0.156. The predicted molar refractivity (Wildman–Crippen MR) is 29.4 cm³/mol. The quantitative estimate of drug-likeness (QED) is 0.597. The molecule has 11 heavy (non-hydrogen) atoms. The van der Waals surface area contributed by atoms with E-state index < -0.39 is 30.7 Å². The summed E-state index contributed by atoms with van der Waals surface area (Å²) in [6.45, 7) is 0. The highest BCUT2D eigenvalue weighted by Crippen LogP contribution is 2.10. The van der Waals surface area contributed by atoms with Crippen molar-refractivity contribution in [1.29, 1.82) is 0 Å². The Balaban J connectivity index is 4.12. The Morgan fingerprint density at radius 3 is 1.64 bits per heavy atom. The molecule has 0 fully saturated rings. The SMILES string of the molecule is O=C(O)C(CC(F)F)C(=O)O. The summed E-state index contributed by atoms with van der Waals surface area (Å²) in [7, 11) is 0. The summed E-state index contributed by atoms with van der Waals surface area (Å²) in [6.07, 6.45) is -4.06. The number of carboxylic acid groups (broad SMARTS) is 2. The average Bonchev–Trinajstić information content (AvgIpc) is 1.81. The van der Waals surface area contributed by atoms with E-state index in [2.05, 4.69) is 0 Å². The Morgan fingerprint density at radius 2 is 1.55 bits per heavy atom. The second-order valence-corrected chi connectivity index (χ2v) is 1.86. The Bertz CT molecular complexity index is 154. The molecule has 0 aliphatic carbocycles. The van der Waals surface area contributed by atoms with Crippen molar-refractivity contribution in [3.05, 3.63) is 0 Å². The average molecular weight is 168 g/mol. The summed E-state index contributed by atoms with van der Waals surface area (Å²) in [4.78, 5) is 19.9. The van der Waals surface area contributed by atoms with Gasteiger partial charge in [0.25, 0.3) is 0 Å². The number of rotatable bonds is 4. The van der Waals surface area contributed by atoms with E-state index in [1.54, 1.807) is 0 Å². The van der Waals surface area contributed by atoms with Crippen LogP contribution in [0.3, 0.4) is 0 Å².